The van der Waals surface area contributed by atoms with Gasteiger partial charge in [-0.2, -0.15) is 0 Å². The van der Waals surface area contributed by atoms with Crippen LogP contribution >= 0.6 is 0 Å². The number of carbonyl (C=O) groups is 1. The number of piperidine rings is 1. The van der Waals surface area contributed by atoms with Crippen LogP contribution in [0.5, 0.6) is 5.75 Å². The van der Waals surface area contributed by atoms with Crippen LogP contribution in [0.3, 0.4) is 0 Å². The minimum absolute atomic E-state index is 0.187. The first-order valence-electron chi connectivity index (χ1n) is 13.8. The first-order chi connectivity index (χ1) is 20.0. The van der Waals surface area contributed by atoms with E-state index in [1.807, 2.05) is 12.1 Å². The number of aromatic amines is 1. The molecule has 2 saturated heterocycles. The van der Waals surface area contributed by atoms with Crippen LogP contribution in [0.4, 0.5) is 33.0 Å². The van der Waals surface area contributed by atoms with E-state index < -0.39 is 11.7 Å². The van der Waals surface area contributed by atoms with Gasteiger partial charge in [-0.3, -0.25) is 14.7 Å². The molecule has 0 bridgehead atoms. The van der Waals surface area contributed by atoms with Gasteiger partial charge in [0.15, 0.2) is 0 Å². The van der Waals surface area contributed by atoms with Crippen molar-refractivity contribution in [1.29, 1.82) is 0 Å². The van der Waals surface area contributed by atoms with Gasteiger partial charge in [0, 0.05) is 49.4 Å². The quantitative estimate of drug-likeness (QED) is 0.247. The summed E-state index contributed by atoms with van der Waals surface area (Å²) in [5.74, 6) is 0.328. The summed E-state index contributed by atoms with van der Waals surface area (Å²) in [5, 5.41) is 7.34. The first-order valence-corrected chi connectivity index (χ1v) is 13.8. The third kappa shape index (κ3) is 5.77. The number of anilines is 5. The van der Waals surface area contributed by atoms with Crippen molar-refractivity contribution in [3.8, 4) is 5.75 Å². The van der Waals surface area contributed by atoms with Crippen LogP contribution < -0.4 is 26.0 Å². The van der Waals surface area contributed by atoms with E-state index >= 15 is 0 Å². The van der Waals surface area contributed by atoms with E-state index in [9.17, 15) is 9.18 Å². The zero-order chi connectivity index (χ0) is 28.3. The van der Waals surface area contributed by atoms with E-state index in [1.165, 1.54) is 18.2 Å². The highest BCUT2D eigenvalue weighted by Crippen LogP contribution is 2.35. The summed E-state index contributed by atoms with van der Waals surface area (Å²) in [7, 11) is 1.67. The van der Waals surface area contributed by atoms with Crippen LogP contribution in [0.2, 0.25) is 0 Å². The van der Waals surface area contributed by atoms with Crippen molar-refractivity contribution in [3.05, 3.63) is 66.2 Å². The zero-order valence-electron chi connectivity index (χ0n) is 23.0. The average Bonchev–Trinajstić information content (AvgIpc) is 3.41. The largest absolute Gasteiger partial charge is 0.494 e. The number of hydrogen-bond acceptors (Lipinski definition) is 8. The number of fused-ring (bicyclic) bond motifs is 1. The second kappa shape index (κ2) is 11.6. The Hall–Kier alpha value is -4.35. The highest BCUT2D eigenvalue weighted by atomic mass is 19.1. The lowest BCUT2D eigenvalue weighted by molar-refractivity contribution is 0.0115. The van der Waals surface area contributed by atoms with Gasteiger partial charge in [0.2, 0.25) is 0 Å². The monoisotopic (exact) mass is 559 g/mol. The van der Waals surface area contributed by atoms with E-state index in [2.05, 4.69) is 42.5 Å². The number of carbonyl (C=O) groups excluding carboxylic acids is 1. The number of primary amides is 1. The molecule has 2 aromatic heterocycles. The van der Waals surface area contributed by atoms with Crippen molar-refractivity contribution in [2.45, 2.75) is 18.9 Å². The smallest absolute Gasteiger partial charge is 0.250 e. The van der Waals surface area contributed by atoms with Crippen LogP contribution in [0.15, 0.2) is 54.9 Å². The molecule has 214 valence electrons. The van der Waals surface area contributed by atoms with Gasteiger partial charge < -0.3 is 35.7 Å². The Morgan fingerprint density at radius 1 is 1.02 bits per heavy atom. The van der Waals surface area contributed by atoms with Crippen molar-refractivity contribution in [2.24, 2.45) is 5.73 Å². The number of aromatic nitrogens is 2. The molecule has 0 aliphatic carbocycles. The lowest BCUT2D eigenvalue weighted by atomic mass is 10.0. The van der Waals surface area contributed by atoms with E-state index in [0.717, 1.165) is 86.1 Å². The number of H-pyrrole nitrogens is 1. The third-order valence-corrected chi connectivity index (χ3v) is 7.91. The number of pyridine rings is 1. The van der Waals surface area contributed by atoms with Gasteiger partial charge in [0.25, 0.3) is 5.91 Å². The van der Waals surface area contributed by atoms with E-state index in [0.29, 0.717) is 11.7 Å². The Bertz CT molecular complexity index is 1540. The molecule has 41 heavy (non-hydrogen) atoms. The van der Waals surface area contributed by atoms with Gasteiger partial charge >= 0.3 is 0 Å². The van der Waals surface area contributed by atoms with E-state index in [-0.39, 0.29) is 11.3 Å². The fraction of sp³-hybridized carbons (Fsp3) is 0.333. The predicted octanol–water partition coefficient (Wildman–Crippen LogP) is 4.60. The number of halogens is 1. The van der Waals surface area contributed by atoms with Crippen molar-refractivity contribution in [1.82, 2.24) is 14.9 Å². The Balaban J connectivity index is 1.18. The SMILES string of the molecule is COc1cc(N2CCC(N3CCOCC3)CC2)ccc1Nc1cc2c(Nc3cc(F)ccc3C(N)=O)cncc2[nH]1. The molecule has 0 spiro atoms. The maximum absolute atomic E-state index is 13.9. The minimum atomic E-state index is -0.652. The molecule has 6 rings (SSSR count). The fourth-order valence-corrected chi connectivity index (χ4v) is 5.75. The molecule has 10 nitrogen and oxygen atoms in total. The molecule has 2 aliphatic rings. The molecule has 4 heterocycles. The molecular formula is C30H34FN7O3. The van der Waals surface area contributed by atoms with Crippen LogP contribution in [0.1, 0.15) is 23.2 Å². The number of nitrogens with one attached hydrogen (secondary N) is 3. The second-order valence-corrected chi connectivity index (χ2v) is 10.4. The van der Waals surface area contributed by atoms with Gasteiger partial charge in [0.05, 0.1) is 60.9 Å². The summed E-state index contributed by atoms with van der Waals surface area (Å²) in [6, 6.07) is 12.6. The van der Waals surface area contributed by atoms with E-state index in [4.69, 9.17) is 15.2 Å². The maximum atomic E-state index is 13.9. The Labute approximate surface area is 237 Å². The second-order valence-electron chi connectivity index (χ2n) is 10.4. The number of nitrogens with two attached hydrogens (primary N) is 1. The number of rotatable bonds is 8. The van der Waals surface area contributed by atoms with Crippen LogP contribution in [0, 0.1) is 5.82 Å². The van der Waals surface area contributed by atoms with Gasteiger partial charge in [-0.05, 0) is 49.2 Å². The van der Waals surface area contributed by atoms with Gasteiger partial charge in [-0.15, -0.1) is 0 Å². The minimum Gasteiger partial charge on any atom is -0.494 e. The molecule has 4 aromatic rings. The van der Waals surface area contributed by atoms with Gasteiger partial charge in [-0.25, -0.2) is 4.39 Å². The van der Waals surface area contributed by atoms with Crippen LogP contribution in [-0.4, -0.2) is 73.3 Å². The van der Waals surface area contributed by atoms with Crippen molar-refractivity contribution in [2.75, 3.05) is 62.0 Å². The number of nitrogens with zero attached hydrogens (tertiary/aromatic N) is 3. The number of ether oxygens (including phenoxy) is 2. The molecule has 11 heteroatoms. The molecule has 0 atom stereocenters. The maximum Gasteiger partial charge on any atom is 0.250 e. The molecule has 0 saturated carbocycles. The lowest BCUT2D eigenvalue weighted by Crippen LogP contribution is -2.49. The fourth-order valence-electron chi connectivity index (χ4n) is 5.75. The molecule has 1 amide bonds. The van der Waals surface area contributed by atoms with Crippen molar-refractivity contribution < 1.29 is 18.7 Å². The normalized spacial score (nSPS) is 16.6. The molecule has 2 fully saturated rings. The number of benzene rings is 2. The zero-order valence-corrected chi connectivity index (χ0v) is 23.0. The highest BCUT2D eigenvalue weighted by molar-refractivity contribution is 6.02. The van der Waals surface area contributed by atoms with Crippen molar-refractivity contribution in [3.63, 3.8) is 0 Å². The summed E-state index contributed by atoms with van der Waals surface area (Å²) in [5.41, 5.74) is 9.26. The van der Waals surface area contributed by atoms with Gasteiger partial charge in [0.1, 0.15) is 17.4 Å². The molecule has 2 aliphatic heterocycles. The molecule has 0 unspecified atom stereocenters. The third-order valence-electron chi connectivity index (χ3n) is 7.91. The Kier molecular flexibility index (Phi) is 7.62. The summed E-state index contributed by atoms with van der Waals surface area (Å²) in [6.07, 6.45) is 5.59. The lowest BCUT2D eigenvalue weighted by Gasteiger charge is -2.40. The van der Waals surface area contributed by atoms with Crippen LogP contribution in [0.25, 0.3) is 10.9 Å². The molecule has 5 N–H and O–H groups in total. The molecular weight excluding hydrogens is 525 g/mol. The molecule has 0 radical (unpaired) electrons. The first kappa shape index (κ1) is 26.9. The Morgan fingerprint density at radius 3 is 2.59 bits per heavy atom. The highest BCUT2D eigenvalue weighted by Gasteiger charge is 2.26. The topological polar surface area (TPSA) is 121 Å². The Morgan fingerprint density at radius 2 is 1.83 bits per heavy atom. The number of hydrogen-bond donors (Lipinski definition) is 4. The van der Waals surface area contributed by atoms with Crippen LogP contribution in [-0.2, 0) is 4.74 Å². The van der Waals surface area contributed by atoms with E-state index in [1.54, 1.807) is 19.5 Å². The molecule has 2 aromatic carbocycles. The summed E-state index contributed by atoms with van der Waals surface area (Å²) in [6.45, 7) is 5.73. The van der Waals surface area contributed by atoms with Crippen molar-refractivity contribution >= 4 is 45.4 Å². The average molecular weight is 560 g/mol. The number of amides is 1. The number of morpholine rings is 1. The predicted molar refractivity (Wildman–Crippen MR) is 158 cm³/mol. The number of methoxy groups -OCH3 is 1. The summed E-state index contributed by atoms with van der Waals surface area (Å²) in [4.78, 5) is 24.5. The standard InChI is InChI=1S/C30H34FN7O3/c1-40-28-15-21(37-8-6-20(7-9-37)38-10-12-41-13-11-38)3-5-24(28)35-29-16-23-26(17-33-18-27(23)36-29)34-25-14-19(31)2-4-22(25)30(32)39/h2-5,14-18,20,34-36H,6-13H2,1H3,(H2,32,39). The summed E-state index contributed by atoms with van der Waals surface area (Å²) < 4.78 is 25.2. The summed E-state index contributed by atoms with van der Waals surface area (Å²) >= 11 is 0. The van der Waals surface area contributed by atoms with Gasteiger partial charge in [-0.1, -0.05) is 0 Å².